The number of benzene rings is 1. The first-order valence-electron chi connectivity index (χ1n) is 8.51. The third-order valence-corrected chi connectivity index (χ3v) is 6.69. The summed E-state index contributed by atoms with van der Waals surface area (Å²) in [6, 6.07) is 6.17. The van der Waals surface area contributed by atoms with Gasteiger partial charge >= 0.3 is 0 Å². The lowest BCUT2D eigenvalue weighted by molar-refractivity contribution is -0.0832. The summed E-state index contributed by atoms with van der Waals surface area (Å²) in [6.07, 6.45) is 2.94. The summed E-state index contributed by atoms with van der Waals surface area (Å²) in [4.78, 5) is 0. The first-order chi connectivity index (χ1) is 11.3. The van der Waals surface area contributed by atoms with Gasteiger partial charge in [-0.05, 0) is 63.8 Å². The molecular formula is C18H26BrNO3S. The molecule has 1 aromatic rings. The van der Waals surface area contributed by atoms with Crippen LogP contribution in [0.5, 0.6) is 5.75 Å². The van der Waals surface area contributed by atoms with Crippen LogP contribution in [0.4, 0.5) is 0 Å². The number of ether oxygens (including phenoxy) is 2. The van der Waals surface area contributed by atoms with E-state index in [0.29, 0.717) is 13.2 Å². The fourth-order valence-corrected chi connectivity index (χ4v) is 4.57. The molecule has 0 aromatic heterocycles. The molecule has 4 nitrogen and oxygen atoms in total. The number of halogens is 1. The first-order valence-corrected chi connectivity index (χ1v) is 10.4. The van der Waals surface area contributed by atoms with Crippen LogP contribution in [0, 0.1) is 0 Å². The van der Waals surface area contributed by atoms with Crippen LogP contribution in [0.2, 0.25) is 0 Å². The predicted octanol–water partition coefficient (Wildman–Crippen LogP) is 3.92. The molecule has 134 valence electrons. The average molecular weight is 416 g/mol. The Balaban J connectivity index is 1.83. The van der Waals surface area contributed by atoms with Crippen LogP contribution >= 0.6 is 15.9 Å². The van der Waals surface area contributed by atoms with Gasteiger partial charge in [0.25, 0.3) is 0 Å². The molecule has 1 fully saturated rings. The molecule has 0 amide bonds. The highest BCUT2D eigenvalue weighted by atomic mass is 79.9. The van der Waals surface area contributed by atoms with Crippen molar-refractivity contribution in [1.82, 2.24) is 4.72 Å². The second-order valence-electron chi connectivity index (χ2n) is 7.75. The molecule has 3 atom stereocenters. The van der Waals surface area contributed by atoms with E-state index < -0.39 is 11.0 Å². The lowest BCUT2D eigenvalue weighted by Gasteiger charge is -2.44. The number of hydrogen-bond acceptors (Lipinski definition) is 3. The number of hydrogen-bond donors (Lipinski definition) is 1. The van der Waals surface area contributed by atoms with Crippen molar-refractivity contribution < 1.29 is 13.7 Å². The van der Waals surface area contributed by atoms with Gasteiger partial charge in [-0.15, -0.1) is 0 Å². The van der Waals surface area contributed by atoms with Gasteiger partial charge in [-0.25, -0.2) is 8.93 Å². The predicted molar refractivity (Wildman–Crippen MR) is 101 cm³/mol. The fraction of sp³-hybridized carbons (Fsp3) is 0.667. The smallest absolute Gasteiger partial charge is 0.133 e. The van der Waals surface area contributed by atoms with Crippen molar-refractivity contribution in [3.63, 3.8) is 0 Å². The second-order valence-corrected chi connectivity index (χ2v) is 10.7. The average Bonchev–Trinajstić information content (AvgIpc) is 2.53. The second kappa shape index (κ2) is 7.06. The topological polar surface area (TPSA) is 47.6 Å². The van der Waals surface area contributed by atoms with Crippen molar-refractivity contribution in [3.8, 4) is 5.75 Å². The molecule has 24 heavy (non-hydrogen) atoms. The lowest BCUT2D eigenvalue weighted by atomic mass is 9.80. The van der Waals surface area contributed by atoms with Crippen molar-refractivity contribution in [2.24, 2.45) is 0 Å². The summed E-state index contributed by atoms with van der Waals surface area (Å²) in [7, 11) is -1.07. The highest BCUT2D eigenvalue weighted by molar-refractivity contribution is 9.10. The normalized spacial score (nSPS) is 28.2. The van der Waals surface area contributed by atoms with Crippen LogP contribution in [0.1, 0.15) is 51.5 Å². The molecule has 2 aliphatic heterocycles. The van der Waals surface area contributed by atoms with Crippen LogP contribution in [0.3, 0.4) is 0 Å². The third kappa shape index (κ3) is 4.03. The van der Waals surface area contributed by atoms with E-state index in [4.69, 9.17) is 9.47 Å². The first kappa shape index (κ1) is 18.4. The van der Waals surface area contributed by atoms with E-state index in [2.05, 4.69) is 26.7 Å². The SMILES string of the molecule is CC(C)(C)S(=O)NCC1CC2(CCCOC2)Oc2ccc(Br)cc21. The number of nitrogens with one attached hydrogen (secondary N) is 1. The van der Waals surface area contributed by atoms with Crippen molar-refractivity contribution in [2.45, 2.75) is 56.3 Å². The van der Waals surface area contributed by atoms with E-state index in [-0.39, 0.29) is 16.3 Å². The minimum atomic E-state index is -1.07. The molecule has 6 heteroatoms. The quantitative estimate of drug-likeness (QED) is 0.813. The third-order valence-electron chi connectivity index (χ3n) is 4.66. The van der Waals surface area contributed by atoms with E-state index in [1.807, 2.05) is 32.9 Å². The number of fused-ring (bicyclic) bond motifs is 1. The highest BCUT2D eigenvalue weighted by Gasteiger charge is 2.42. The maximum absolute atomic E-state index is 12.4. The highest BCUT2D eigenvalue weighted by Crippen LogP contribution is 2.44. The largest absolute Gasteiger partial charge is 0.485 e. The van der Waals surface area contributed by atoms with Gasteiger partial charge in [0, 0.05) is 23.5 Å². The van der Waals surface area contributed by atoms with Gasteiger partial charge in [-0.2, -0.15) is 0 Å². The zero-order valence-corrected chi connectivity index (χ0v) is 17.0. The van der Waals surface area contributed by atoms with Gasteiger partial charge in [0.15, 0.2) is 0 Å². The van der Waals surface area contributed by atoms with E-state index in [1.54, 1.807) is 0 Å². The monoisotopic (exact) mass is 415 g/mol. The molecule has 0 bridgehead atoms. The Bertz CT molecular complexity index is 623. The lowest BCUT2D eigenvalue weighted by Crippen LogP contribution is -2.49. The van der Waals surface area contributed by atoms with E-state index in [0.717, 1.165) is 36.1 Å². The Morgan fingerprint density at radius 2 is 2.21 bits per heavy atom. The molecule has 2 aliphatic rings. The maximum atomic E-state index is 12.4. The van der Waals surface area contributed by atoms with Gasteiger partial charge in [0.05, 0.1) is 22.3 Å². The fourth-order valence-electron chi connectivity index (χ4n) is 3.41. The van der Waals surface area contributed by atoms with E-state index in [1.165, 1.54) is 5.56 Å². The molecule has 1 N–H and O–H groups in total. The molecule has 0 saturated carbocycles. The maximum Gasteiger partial charge on any atom is 0.133 e. The van der Waals surface area contributed by atoms with Crippen LogP contribution in [0.25, 0.3) is 0 Å². The minimum absolute atomic E-state index is 0.241. The Morgan fingerprint density at radius 3 is 2.88 bits per heavy atom. The summed E-state index contributed by atoms with van der Waals surface area (Å²) in [6.45, 7) is 8.10. The molecule has 1 aromatic carbocycles. The Kier molecular flexibility index (Phi) is 5.40. The zero-order valence-electron chi connectivity index (χ0n) is 14.6. The zero-order chi connectivity index (χ0) is 17.4. The van der Waals surface area contributed by atoms with Gasteiger partial charge in [-0.1, -0.05) is 15.9 Å². The molecule has 3 rings (SSSR count). The molecule has 3 unspecified atom stereocenters. The Labute approximate surface area is 155 Å². The Morgan fingerprint density at radius 1 is 1.42 bits per heavy atom. The summed E-state index contributed by atoms with van der Waals surface area (Å²) < 4.78 is 28.5. The van der Waals surface area contributed by atoms with Crippen molar-refractivity contribution in [3.05, 3.63) is 28.2 Å². The van der Waals surface area contributed by atoms with Gasteiger partial charge in [-0.3, -0.25) is 0 Å². The van der Waals surface area contributed by atoms with Gasteiger partial charge in [0.2, 0.25) is 0 Å². The molecule has 1 spiro atoms. The standard InChI is InChI=1S/C18H26BrNO3S/c1-17(2,3)24(21)20-11-13-10-18(7-4-8-22-12-18)23-16-6-5-14(19)9-15(13)16/h5-6,9,13,20H,4,7-8,10-12H2,1-3H3. The molecular weight excluding hydrogens is 390 g/mol. The summed E-state index contributed by atoms with van der Waals surface area (Å²) >= 11 is 3.56. The summed E-state index contributed by atoms with van der Waals surface area (Å²) in [5.74, 6) is 1.20. The molecule has 1 saturated heterocycles. The van der Waals surface area contributed by atoms with Crippen molar-refractivity contribution in [1.29, 1.82) is 0 Å². The minimum Gasteiger partial charge on any atom is -0.485 e. The van der Waals surface area contributed by atoms with Crippen LogP contribution in [-0.4, -0.2) is 34.3 Å². The molecule has 0 aliphatic carbocycles. The van der Waals surface area contributed by atoms with Crippen molar-refractivity contribution >= 4 is 26.9 Å². The summed E-state index contributed by atoms with van der Waals surface area (Å²) in [5.41, 5.74) is 0.938. The van der Waals surface area contributed by atoms with Gasteiger partial charge in [0.1, 0.15) is 11.4 Å². The van der Waals surface area contributed by atoms with Gasteiger partial charge < -0.3 is 9.47 Å². The molecule has 0 radical (unpaired) electrons. The Hall–Kier alpha value is -0.430. The molecule has 2 heterocycles. The van der Waals surface area contributed by atoms with Crippen LogP contribution in [0.15, 0.2) is 22.7 Å². The van der Waals surface area contributed by atoms with Crippen LogP contribution < -0.4 is 9.46 Å². The van der Waals surface area contributed by atoms with E-state index in [9.17, 15) is 4.21 Å². The van der Waals surface area contributed by atoms with E-state index >= 15 is 0 Å². The number of rotatable bonds is 3. The summed E-state index contributed by atoms with van der Waals surface area (Å²) in [5, 5.41) is 0. The van der Waals surface area contributed by atoms with Crippen molar-refractivity contribution in [2.75, 3.05) is 19.8 Å². The van der Waals surface area contributed by atoms with Crippen LogP contribution in [-0.2, 0) is 15.7 Å².